The van der Waals surface area contributed by atoms with Crippen LogP contribution in [0.3, 0.4) is 0 Å². The van der Waals surface area contributed by atoms with Crippen LogP contribution in [0.4, 0.5) is 0 Å². The third-order valence-corrected chi connectivity index (χ3v) is 6.02. The number of amides is 1. The largest absolute Gasteiger partial charge is 0.349 e. The molecule has 2 aromatic heterocycles. The molecule has 1 amide bonds. The standard InChI is InChI=1S/C23H31N7O/c1-17-22(18(2)28(3)27-17)20-15-21(26-25-20)23(31)24-9-10-29-11-13-30(14-12-29)16-19-7-5-4-6-8-19/h4-8,15H,9-14,16H2,1-3H3,(H,24,31)(H,25,26). The molecule has 0 spiro atoms. The SMILES string of the molecule is Cc1nn(C)c(C)c1-c1cc(C(=O)NCCN2CCN(Cc3ccccc3)CC2)[nH]n1. The molecular weight excluding hydrogens is 390 g/mol. The Hall–Kier alpha value is -2.97. The van der Waals surface area contributed by atoms with Crippen LogP contribution in [0.2, 0.25) is 0 Å². The number of aryl methyl sites for hydroxylation is 2. The summed E-state index contributed by atoms with van der Waals surface area (Å²) in [4.78, 5) is 17.4. The average molecular weight is 422 g/mol. The van der Waals surface area contributed by atoms with Gasteiger partial charge in [-0.15, -0.1) is 0 Å². The smallest absolute Gasteiger partial charge is 0.269 e. The van der Waals surface area contributed by atoms with Crippen molar-refractivity contribution in [2.45, 2.75) is 20.4 Å². The van der Waals surface area contributed by atoms with Gasteiger partial charge in [0.25, 0.3) is 5.91 Å². The van der Waals surface area contributed by atoms with E-state index >= 15 is 0 Å². The molecule has 0 saturated carbocycles. The van der Waals surface area contributed by atoms with Crippen LogP contribution in [0.1, 0.15) is 27.4 Å². The maximum Gasteiger partial charge on any atom is 0.269 e. The van der Waals surface area contributed by atoms with Crippen LogP contribution in [-0.2, 0) is 13.6 Å². The van der Waals surface area contributed by atoms with Crippen LogP contribution in [0.15, 0.2) is 36.4 Å². The first-order chi connectivity index (χ1) is 15.0. The summed E-state index contributed by atoms with van der Waals surface area (Å²) in [6.45, 7) is 10.6. The number of hydrogen-bond donors (Lipinski definition) is 2. The highest BCUT2D eigenvalue weighted by Gasteiger charge is 2.19. The van der Waals surface area contributed by atoms with E-state index in [1.165, 1.54) is 5.56 Å². The second-order valence-corrected chi connectivity index (χ2v) is 8.20. The lowest BCUT2D eigenvalue weighted by molar-refractivity contribution is 0.0929. The maximum absolute atomic E-state index is 12.5. The number of hydrogen-bond acceptors (Lipinski definition) is 5. The van der Waals surface area contributed by atoms with Crippen molar-refractivity contribution in [3.05, 3.63) is 59.0 Å². The van der Waals surface area contributed by atoms with Gasteiger partial charge in [0, 0.05) is 64.1 Å². The Balaban J connectivity index is 1.22. The van der Waals surface area contributed by atoms with E-state index in [1.54, 1.807) is 6.07 Å². The molecule has 8 nitrogen and oxygen atoms in total. The molecule has 1 saturated heterocycles. The van der Waals surface area contributed by atoms with Gasteiger partial charge in [-0.25, -0.2) is 0 Å². The van der Waals surface area contributed by atoms with Crippen LogP contribution < -0.4 is 5.32 Å². The number of rotatable bonds is 7. The molecule has 1 aromatic carbocycles. The van der Waals surface area contributed by atoms with Crippen LogP contribution in [0, 0.1) is 13.8 Å². The van der Waals surface area contributed by atoms with Crippen molar-refractivity contribution in [1.82, 2.24) is 35.1 Å². The van der Waals surface area contributed by atoms with E-state index in [1.807, 2.05) is 25.6 Å². The van der Waals surface area contributed by atoms with Gasteiger partial charge in [0.15, 0.2) is 0 Å². The van der Waals surface area contributed by atoms with Crippen molar-refractivity contribution in [1.29, 1.82) is 0 Å². The first kappa shape index (κ1) is 21.3. The molecule has 0 bridgehead atoms. The first-order valence-corrected chi connectivity index (χ1v) is 10.8. The normalized spacial score (nSPS) is 15.3. The van der Waals surface area contributed by atoms with Crippen LogP contribution in [-0.4, -0.2) is 75.0 Å². The Kier molecular flexibility index (Phi) is 6.48. The van der Waals surface area contributed by atoms with Crippen molar-refractivity contribution < 1.29 is 4.79 Å². The fourth-order valence-electron chi connectivity index (χ4n) is 4.15. The fourth-order valence-corrected chi connectivity index (χ4v) is 4.15. The summed E-state index contributed by atoms with van der Waals surface area (Å²) in [6.07, 6.45) is 0. The van der Waals surface area contributed by atoms with E-state index in [2.05, 4.69) is 60.7 Å². The van der Waals surface area contributed by atoms with Crippen LogP contribution in [0.5, 0.6) is 0 Å². The molecule has 4 rings (SSSR count). The fraction of sp³-hybridized carbons (Fsp3) is 0.435. The number of aromatic nitrogens is 4. The first-order valence-electron chi connectivity index (χ1n) is 10.8. The summed E-state index contributed by atoms with van der Waals surface area (Å²) in [6, 6.07) is 12.4. The molecule has 0 unspecified atom stereocenters. The predicted octanol–water partition coefficient (Wildman–Crippen LogP) is 1.97. The number of carbonyl (C=O) groups is 1. The lowest BCUT2D eigenvalue weighted by Gasteiger charge is -2.34. The van der Waals surface area contributed by atoms with Crippen LogP contribution in [0.25, 0.3) is 11.3 Å². The summed E-state index contributed by atoms with van der Waals surface area (Å²) in [5, 5.41) is 14.6. The van der Waals surface area contributed by atoms with E-state index in [4.69, 9.17) is 0 Å². The highest BCUT2D eigenvalue weighted by Crippen LogP contribution is 2.25. The summed E-state index contributed by atoms with van der Waals surface area (Å²) in [5.41, 5.74) is 5.50. The average Bonchev–Trinajstić information content (AvgIpc) is 3.34. The third-order valence-electron chi connectivity index (χ3n) is 6.02. The summed E-state index contributed by atoms with van der Waals surface area (Å²) >= 11 is 0. The van der Waals surface area contributed by atoms with Crippen molar-refractivity contribution in [2.75, 3.05) is 39.3 Å². The van der Waals surface area contributed by atoms with Gasteiger partial charge in [0.2, 0.25) is 0 Å². The molecule has 0 atom stereocenters. The number of piperazine rings is 1. The van der Waals surface area contributed by atoms with E-state index < -0.39 is 0 Å². The van der Waals surface area contributed by atoms with Gasteiger partial charge in [-0.2, -0.15) is 10.2 Å². The number of nitrogens with one attached hydrogen (secondary N) is 2. The molecule has 1 aliphatic rings. The van der Waals surface area contributed by atoms with Gasteiger partial charge in [0.05, 0.1) is 11.4 Å². The number of benzene rings is 1. The monoisotopic (exact) mass is 421 g/mol. The molecule has 164 valence electrons. The maximum atomic E-state index is 12.5. The molecule has 3 aromatic rings. The minimum Gasteiger partial charge on any atom is -0.349 e. The van der Waals surface area contributed by atoms with E-state index in [-0.39, 0.29) is 5.91 Å². The lowest BCUT2D eigenvalue weighted by Crippen LogP contribution is -2.48. The van der Waals surface area contributed by atoms with Gasteiger partial charge in [-0.05, 0) is 25.5 Å². The predicted molar refractivity (Wildman–Crippen MR) is 121 cm³/mol. The van der Waals surface area contributed by atoms with Gasteiger partial charge >= 0.3 is 0 Å². The third kappa shape index (κ3) is 5.03. The van der Waals surface area contributed by atoms with Gasteiger partial charge in [-0.3, -0.25) is 24.4 Å². The van der Waals surface area contributed by atoms with Crippen LogP contribution >= 0.6 is 0 Å². The van der Waals surface area contributed by atoms with Crippen molar-refractivity contribution >= 4 is 5.91 Å². The lowest BCUT2D eigenvalue weighted by atomic mass is 10.1. The summed E-state index contributed by atoms with van der Waals surface area (Å²) < 4.78 is 1.83. The Morgan fingerprint density at radius 1 is 1.10 bits per heavy atom. The molecule has 1 aliphatic heterocycles. The Morgan fingerprint density at radius 2 is 1.81 bits per heavy atom. The topological polar surface area (TPSA) is 82.1 Å². The van der Waals surface area contributed by atoms with Gasteiger partial charge in [0.1, 0.15) is 5.69 Å². The van der Waals surface area contributed by atoms with E-state index in [0.717, 1.165) is 61.9 Å². The minimum absolute atomic E-state index is 0.124. The van der Waals surface area contributed by atoms with Crippen molar-refractivity contribution in [3.63, 3.8) is 0 Å². The Bertz CT molecular complexity index is 1020. The van der Waals surface area contributed by atoms with E-state index in [9.17, 15) is 4.79 Å². The molecule has 8 heteroatoms. The molecule has 0 aliphatic carbocycles. The summed E-state index contributed by atoms with van der Waals surface area (Å²) in [7, 11) is 1.91. The van der Waals surface area contributed by atoms with E-state index in [0.29, 0.717) is 12.2 Å². The second-order valence-electron chi connectivity index (χ2n) is 8.20. The summed E-state index contributed by atoms with van der Waals surface area (Å²) in [5.74, 6) is -0.124. The highest BCUT2D eigenvalue weighted by atomic mass is 16.1. The minimum atomic E-state index is -0.124. The zero-order valence-electron chi connectivity index (χ0n) is 18.6. The Labute approximate surface area is 183 Å². The molecule has 2 N–H and O–H groups in total. The molecular formula is C23H31N7O. The van der Waals surface area contributed by atoms with Crippen molar-refractivity contribution in [2.24, 2.45) is 7.05 Å². The number of nitrogens with zero attached hydrogens (tertiary/aromatic N) is 5. The highest BCUT2D eigenvalue weighted by molar-refractivity contribution is 5.93. The van der Waals surface area contributed by atoms with Gasteiger partial charge < -0.3 is 5.32 Å². The molecule has 31 heavy (non-hydrogen) atoms. The number of aromatic amines is 1. The Morgan fingerprint density at radius 3 is 2.48 bits per heavy atom. The number of H-pyrrole nitrogens is 1. The zero-order valence-corrected chi connectivity index (χ0v) is 18.6. The molecule has 3 heterocycles. The van der Waals surface area contributed by atoms with Gasteiger partial charge in [-0.1, -0.05) is 30.3 Å². The van der Waals surface area contributed by atoms with Crippen molar-refractivity contribution in [3.8, 4) is 11.3 Å². The second kappa shape index (κ2) is 9.45. The quantitative estimate of drug-likeness (QED) is 0.610. The molecule has 1 fully saturated rings. The molecule has 0 radical (unpaired) electrons. The number of carbonyl (C=O) groups excluding carboxylic acids is 1. The zero-order chi connectivity index (χ0) is 21.8.